The van der Waals surface area contributed by atoms with E-state index >= 15 is 0 Å². The second-order valence-corrected chi connectivity index (χ2v) is 22.9. The molecule has 5 amide bonds. The quantitative estimate of drug-likeness (QED) is 0.0348. The molecule has 2 aromatic rings. The molecule has 22 heteroatoms. The number of urea groups is 1. The van der Waals surface area contributed by atoms with E-state index in [4.69, 9.17) is 5.11 Å². The van der Waals surface area contributed by atoms with Crippen molar-refractivity contribution >= 4 is 47.3 Å². The molecule has 14 N–H and O–H groups in total. The Labute approximate surface area is 490 Å². The first kappa shape index (κ1) is 69.2. The maximum absolute atomic E-state index is 14.3. The van der Waals surface area contributed by atoms with Crippen LogP contribution < -0.4 is 58.5 Å². The molecule has 3 fully saturated rings. The van der Waals surface area contributed by atoms with Crippen molar-refractivity contribution in [1.82, 2.24) is 58.5 Å². The topological polar surface area (TPSA) is 330 Å². The van der Waals surface area contributed by atoms with E-state index in [1.807, 2.05) is 60.7 Å². The van der Waals surface area contributed by atoms with Crippen molar-refractivity contribution in [2.75, 3.05) is 85.1 Å². The smallest absolute Gasteiger partial charge is 0.326 e. The third kappa shape index (κ3) is 29.7. The molecule has 3 saturated heterocycles. The molecular weight excluding hydrogens is 1060 g/mol. The van der Waals surface area contributed by atoms with Crippen LogP contribution in [0.5, 0.6) is 0 Å². The predicted octanol–water partition coefficient (Wildman–Crippen LogP) is 3.16. The minimum atomic E-state index is -1.41. The van der Waals surface area contributed by atoms with Crippen LogP contribution in [-0.4, -0.2) is 171 Å². The average molecular weight is 1160 g/mol. The molecule has 0 radical (unpaired) electrons. The van der Waals surface area contributed by atoms with Crippen LogP contribution in [0.15, 0.2) is 73.0 Å². The molecule has 2 bridgehead atoms. The van der Waals surface area contributed by atoms with E-state index in [9.17, 15) is 48.6 Å². The summed E-state index contributed by atoms with van der Waals surface area (Å²) in [6.07, 6.45) is 7.21. The Morgan fingerprint density at radius 2 is 1.02 bits per heavy atom. The Balaban J connectivity index is 1.21. The third-order valence-electron chi connectivity index (χ3n) is 15.2. The summed E-state index contributed by atoms with van der Waals surface area (Å²) in [5.41, 5.74) is 1.21. The van der Waals surface area contributed by atoms with Gasteiger partial charge in [-0.25, -0.2) is 9.59 Å². The second-order valence-electron chi connectivity index (χ2n) is 22.9. The molecule has 3 heterocycles. The zero-order valence-electron chi connectivity index (χ0n) is 49.0. The summed E-state index contributed by atoms with van der Waals surface area (Å²) in [5, 5.41) is 63.7. The van der Waals surface area contributed by atoms with Gasteiger partial charge in [0.2, 0.25) is 17.7 Å². The van der Waals surface area contributed by atoms with Gasteiger partial charge < -0.3 is 73.8 Å². The Kier molecular flexibility index (Phi) is 32.7. The number of benzene rings is 2. The molecule has 462 valence electrons. The first-order valence-electron chi connectivity index (χ1n) is 30.1. The van der Waals surface area contributed by atoms with Gasteiger partial charge in [-0.15, -0.1) is 0 Å². The van der Waals surface area contributed by atoms with Crippen LogP contribution in [-0.2, 0) is 46.4 Å². The van der Waals surface area contributed by atoms with Gasteiger partial charge in [0.1, 0.15) is 17.6 Å². The molecule has 5 rings (SSSR count). The summed E-state index contributed by atoms with van der Waals surface area (Å²) in [7, 11) is 0. The van der Waals surface area contributed by atoms with Crippen molar-refractivity contribution in [3.63, 3.8) is 0 Å². The number of aliphatic carboxylic acids is 2. The second kappa shape index (κ2) is 39.3. The van der Waals surface area contributed by atoms with E-state index in [1.165, 1.54) is 0 Å². The van der Waals surface area contributed by atoms with Crippen molar-refractivity contribution in [1.29, 1.82) is 0 Å². The molecule has 2 aromatic carbocycles. The number of fused-ring (bicyclic) bond motifs is 15. The Bertz CT molecular complexity index is 2270. The maximum Gasteiger partial charge on any atom is 0.326 e. The molecule has 3 aliphatic rings. The largest absolute Gasteiger partial charge is 0.511 e. The van der Waals surface area contributed by atoms with Crippen LogP contribution in [0.2, 0.25) is 0 Å². The van der Waals surface area contributed by atoms with Crippen LogP contribution in [0, 0.1) is 11.3 Å². The zero-order chi connectivity index (χ0) is 60.1. The number of aliphatic hydroxyl groups excluding tert-OH is 1. The lowest BCUT2D eigenvalue weighted by molar-refractivity contribution is -0.140. The normalized spacial score (nSPS) is 19.5. The van der Waals surface area contributed by atoms with E-state index in [-0.39, 0.29) is 79.0 Å². The number of ketones is 2. The first-order chi connectivity index (χ1) is 39.9. The van der Waals surface area contributed by atoms with Crippen molar-refractivity contribution in [3.05, 3.63) is 84.1 Å². The number of carbonyl (C=O) groups excluding carboxylic acids is 6. The molecule has 3 aliphatic heterocycles. The highest BCUT2D eigenvalue weighted by atomic mass is 16.4. The number of nitrogens with one attached hydrogen (secondary N) is 11. The van der Waals surface area contributed by atoms with E-state index in [0.717, 1.165) is 102 Å². The number of amides is 5. The Morgan fingerprint density at radius 1 is 0.530 bits per heavy atom. The Hall–Kier alpha value is -6.30. The zero-order valence-corrected chi connectivity index (χ0v) is 49.0. The summed E-state index contributed by atoms with van der Waals surface area (Å²) < 4.78 is 0. The highest BCUT2D eigenvalue weighted by molar-refractivity contribution is 5.93. The molecular formula is C61H97N11O11. The van der Waals surface area contributed by atoms with Crippen LogP contribution in [0.3, 0.4) is 0 Å². The summed E-state index contributed by atoms with van der Waals surface area (Å²) in [6.45, 7) is 15.1. The van der Waals surface area contributed by atoms with E-state index in [2.05, 4.69) is 72.0 Å². The maximum atomic E-state index is 14.3. The number of aliphatic hydroxyl groups is 1. The number of carboxylic acid groups (broad SMARTS) is 2. The number of hydrogen-bond donors (Lipinski definition) is 14. The van der Waals surface area contributed by atoms with E-state index < -0.39 is 54.0 Å². The molecule has 3 unspecified atom stereocenters. The molecule has 0 saturated carbocycles. The number of rotatable bonds is 35. The lowest BCUT2D eigenvalue weighted by atomic mass is 9.89. The fraction of sp³-hybridized carbons (Fsp3) is 0.639. The summed E-state index contributed by atoms with van der Waals surface area (Å²) in [5.74, 6) is -4.41. The number of unbranched alkanes of at least 4 members (excludes halogenated alkanes) is 6. The van der Waals surface area contributed by atoms with Gasteiger partial charge in [0.25, 0.3) is 0 Å². The molecule has 22 nitrogen and oxygen atoms in total. The van der Waals surface area contributed by atoms with Gasteiger partial charge >= 0.3 is 18.0 Å². The number of Topliss-reactive ketones (excluding diaryl/α,β-unsaturated/α-hetero) is 2. The van der Waals surface area contributed by atoms with Gasteiger partial charge in [-0.05, 0) is 62.5 Å². The van der Waals surface area contributed by atoms with Crippen molar-refractivity contribution in [2.24, 2.45) is 11.3 Å². The number of hydrogen-bond acceptors (Lipinski definition) is 15. The van der Waals surface area contributed by atoms with E-state index in [0.29, 0.717) is 71.1 Å². The van der Waals surface area contributed by atoms with Crippen LogP contribution in [0.1, 0.15) is 127 Å². The summed E-state index contributed by atoms with van der Waals surface area (Å²) in [6, 6.07) is 15.0. The lowest BCUT2D eigenvalue weighted by Crippen LogP contribution is -2.66. The first-order valence-corrected chi connectivity index (χ1v) is 30.1. The predicted molar refractivity (Wildman–Crippen MR) is 320 cm³/mol. The van der Waals surface area contributed by atoms with Crippen LogP contribution >= 0.6 is 0 Å². The fourth-order valence-electron chi connectivity index (χ4n) is 10.4. The molecule has 0 spiro atoms. The monoisotopic (exact) mass is 1160 g/mol. The Morgan fingerprint density at radius 3 is 1.57 bits per heavy atom. The van der Waals surface area contributed by atoms with Gasteiger partial charge in [0.05, 0.1) is 17.6 Å². The van der Waals surface area contributed by atoms with Crippen LogP contribution in [0.25, 0.3) is 0 Å². The standard InChI is InChI=1S/C61H97N11O11/c1-45(73)50(70-59(83)71-51(58(81)82)27-28-56(78)79)24-15-8-14-23-49(74)22-13-4-3-5-16-29-68-57(80)48(36-46-18-9-6-10-19-46)38-53(75)52(37-47-20-11-7-12-21-47)69-54(76)25-17-26-55(77)72-61-42-65-33-30-62-39-60(2,40-63-31-34-66-43-61)41-64-32-35-67-44-61/h6-7,9-12,18-21,48,50-52,62-67,73H,1,3-5,8,13-17,22-44H2,2H3,(H,68,80)(H,69,76)(H,72,77)(H,78,79)(H,81,82)(H2,70,71,83)/t48-,50?,51?,52?,60?,61?/m0/s1. The van der Waals surface area contributed by atoms with Crippen molar-refractivity contribution in [3.8, 4) is 0 Å². The highest BCUT2D eigenvalue weighted by Gasteiger charge is 2.33. The molecule has 0 aliphatic carbocycles. The lowest BCUT2D eigenvalue weighted by Gasteiger charge is -2.37. The minimum absolute atomic E-state index is 0.0396. The molecule has 83 heavy (non-hydrogen) atoms. The number of carbonyl (C=O) groups is 8. The van der Waals surface area contributed by atoms with Crippen molar-refractivity contribution < 1.29 is 53.7 Å². The van der Waals surface area contributed by atoms with Gasteiger partial charge in [0.15, 0.2) is 5.78 Å². The van der Waals surface area contributed by atoms with Crippen LogP contribution in [0.4, 0.5) is 4.79 Å². The highest BCUT2D eigenvalue weighted by Crippen LogP contribution is 2.19. The van der Waals surface area contributed by atoms with Gasteiger partial charge in [-0.3, -0.25) is 28.8 Å². The minimum Gasteiger partial charge on any atom is -0.511 e. The fourth-order valence-corrected chi connectivity index (χ4v) is 10.4. The summed E-state index contributed by atoms with van der Waals surface area (Å²) >= 11 is 0. The summed E-state index contributed by atoms with van der Waals surface area (Å²) in [4.78, 5) is 103. The number of carboxylic acids is 2. The van der Waals surface area contributed by atoms with Gasteiger partial charge in [-0.1, -0.05) is 106 Å². The van der Waals surface area contributed by atoms with Gasteiger partial charge in [-0.2, -0.15) is 0 Å². The molecule has 4 atom stereocenters. The molecule has 0 aromatic heterocycles. The van der Waals surface area contributed by atoms with Gasteiger partial charge in [0, 0.05) is 135 Å². The SMILES string of the molecule is C=C(O)C(CCCCCC(=O)CCCCCCCNC(=O)[C@H](CC(=O)C(Cc1ccccc1)NC(=O)CCCC(=O)NC12CNCCNCC(C)(CNCCNC1)CNCCNC2)Cc1ccccc1)NC(=O)NC(CCC(=O)O)C(=O)O. The third-order valence-corrected chi connectivity index (χ3v) is 15.2. The van der Waals surface area contributed by atoms with E-state index in [1.54, 1.807) is 0 Å². The average Bonchev–Trinajstić information content (AvgIpc) is 3.54. The van der Waals surface area contributed by atoms with Crippen molar-refractivity contribution in [2.45, 2.75) is 153 Å².